The second-order valence-electron chi connectivity index (χ2n) is 5.17. The van der Waals surface area contributed by atoms with Crippen molar-refractivity contribution in [2.45, 2.75) is 6.54 Å². The van der Waals surface area contributed by atoms with Crippen LogP contribution in [0, 0.1) is 10.1 Å². The van der Waals surface area contributed by atoms with Crippen LogP contribution in [0.3, 0.4) is 0 Å². The molecule has 3 rings (SSSR count). The van der Waals surface area contributed by atoms with Crippen molar-refractivity contribution in [2.75, 3.05) is 17.4 Å². The highest BCUT2D eigenvalue weighted by Gasteiger charge is 2.36. The van der Waals surface area contributed by atoms with Gasteiger partial charge in [-0.2, -0.15) is 12.7 Å². The van der Waals surface area contributed by atoms with Crippen molar-refractivity contribution >= 4 is 21.6 Å². The molecule has 0 aliphatic carbocycles. The van der Waals surface area contributed by atoms with E-state index in [1.807, 2.05) is 30.3 Å². The average molecular weight is 333 g/mol. The molecule has 23 heavy (non-hydrogen) atoms. The number of hydrogen-bond donors (Lipinski definition) is 0. The molecular formula is C15H15N3O4S. The molecule has 1 saturated heterocycles. The molecule has 0 N–H and O–H groups in total. The largest absolute Gasteiger partial charge is 0.304 e. The zero-order valence-corrected chi connectivity index (χ0v) is 13.0. The zero-order chi connectivity index (χ0) is 16.4. The average Bonchev–Trinajstić information content (AvgIpc) is 2.83. The first kappa shape index (κ1) is 15.4. The lowest BCUT2D eigenvalue weighted by Crippen LogP contribution is -2.32. The Balaban J connectivity index is 1.81. The normalized spacial score (nSPS) is 17.3. The van der Waals surface area contributed by atoms with Crippen molar-refractivity contribution in [2.24, 2.45) is 0 Å². The minimum absolute atomic E-state index is 0.0634. The van der Waals surface area contributed by atoms with Crippen LogP contribution in [0.25, 0.3) is 0 Å². The monoisotopic (exact) mass is 333 g/mol. The Hall–Kier alpha value is -2.45. The predicted octanol–water partition coefficient (Wildman–Crippen LogP) is 2.16. The maximum Gasteiger partial charge on any atom is 0.304 e. The maximum atomic E-state index is 12.6. The standard InChI is InChI=1S/C15H15N3O4S/c19-18(20)15-8-6-14(7-9-15)17-11-10-16(23(17,21)22)12-13-4-2-1-3-5-13/h1-9H,10-12H2. The third-order valence-corrected chi connectivity index (χ3v) is 5.62. The fraction of sp³-hybridized carbons (Fsp3) is 0.200. The molecule has 1 aliphatic rings. The van der Waals surface area contributed by atoms with E-state index in [9.17, 15) is 18.5 Å². The van der Waals surface area contributed by atoms with Gasteiger partial charge >= 0.3 is 10.2 Å². The molecule has 1 fully saturated rings. The zero-order valence-electron chi connectivity index (χ0n) is 12.2. The van der Waals surface area contributed by atoms with Crippen molar-refractivity contribution in [1.29, 1.82) is 0 Å². The van der Waals surface area contributed by atoms with E-state index in [2.05, 4.69) is 0 Å². The second-order valence-corrected chi connectivity index (χ2v) is 7.03. The van der Waals surface area contributed by atoms with Crippen LogP contribution in [0.15, 0.2) is 54.6 Å². The number of benzene rings is 2. The Bertz CT molecular complexity index is 806. The van der Waals surface area contributed by atoms with Gasteiger partial charge in [-0.15, -0.1) is 0 Å². The Kier molecular flexibility index (Phi) is 4.01. The summed E-state index contributed by atoms with van der Waals surface area (Å²) in [5.74, 6) is 0. The summed E-state index contributed by atoms with van der Waals surface area (Å²) in [5, 5.41) is 10.7. The van der Waals surface area contributed by atoms with Gasteiger partial charge in [-0.1, -0.05) is 30.3 Å². The number of non-ortho nitro benzene ring substituents is 1. The molecule has 0 bridgehead atoms. The molecule has 0 aromatic heterocycles. The summed E-state index contributed by atoms with van der Waals surface area (Å²) in [6, 6.07) is 14.9. The molecule has 0 radical (unpaired) electrons. The van der Waals surface area contributed by atoms with Gasteiger partial charge in [0.25, 0.3) is 5.69 Å². The van der Waals surface area contributed by atoms with Gasteiger partial charge in [-0.05, 0) is 17.7 Å². The number of nitro benzene ring substituents is 1. The lowest BCUT2D eigenvalue weighted by molar-refractivity contribution is -0.384. The molecule has 120 valence electrons. The molecule has 0 spiro atoms. The highest BCUT2D eigenvalue weighted by Crippen LogP contribution is 2.28. The van der Waals surface area contributed by atoms with Crippen molar-refractivity contribution in [3.05, 3.63) is 70.3 Å². The molecule has 1 heterocycles. The van der Waals surface area contributed by atoms with E-state index in [1.165, 1.54) is 32.9 Å². The quantitative estimate of drug-likeness (QED) is 0.634. The molecule has 8 heteroatoms. The molecule has 7 nitrogen and oxygen atoms in total. The van der Waals surface area contributed by atoms with E-state index in [4.69, 9.17) is 0 Å². The van der Waals surface area contributed by atoms with Gasteiger partial charge in [-0.3, -0.25) is 14.4 Å². The van der Waals surface area contributed by atoms with Crippen molar-refractivity contribution in [3.8, 4) is 0 Å². The molecule has 2 aromatic rings. The minimum atomic E-state index is -3.62. The number of nitro groups is 1. The van der Waals surface area contributed by atoms with Crippen molar-refractivity contribution < 1.29 is 13.3 Å². The van der Waals surface area contributed by atoms with Gasteiger partial charge < -0.3 is 0 Å². The molecule has 1 aliphatic heterocycles. The van der Waals surface area contributed by atoms with Crippen LogP contribution in [0.2, 0.25) is 0 Å². The lowest BCUT2D eigenvalue weighted by atomic mass is 10.2. The third-order valence-electron chi connectivity index (χ3n) is 3.71. The highest BCUT2D eigenvalue weighted by molar-refractivity contribution is 7.90. The van der Waals surface area contributed by atoms with E-state index in [1.54, 1.807) is 0 Å². The number of nitrogens with zero attached hydrogens (tertiary/aromatic N) is 3. The van der Waals surface area contributed by atoms with E-state index >= 15 is 0 Å². The first-order chi connectivity index (χ1) is 11.0. The van der Waals surface area contributed by atoms with Crippen molar-refractivity contribution in [3.63, 3.8) is 0 Å². The molecule has 0 amide bonds. The van der Waals surface area contributed by atoms with Gasteiger partial charge in [-0.25, -0.2) is 0 Å². The van der Waals surface area contributed by atoms with E-state index < -0.39 is 15.1 Å². The van der Waals surface area contributed by atoms with Crippen LogP contribution in [0.5, 0.6) is 0 Å². The predicted molar refractivity (Wildman–Crippen MR) is 86.2 cm³/mol. The number of hydrogen-bond acceptors (Lipinski definition) is 4. The number of anilines is 1. The second kappa shape index (κ2) is 5.98. The van der Waals surface area contributed by atoms with E-state index in [-0.39, 0.29) is 5.69 Å². The minimum Gasteiger partial charge on any atom is -0.258 e. The van der Waals surface area contributed by atoms with Crippen molar-refractivity contribution in [1.82, 2.24) is 4.31 Å². The molecular weight excluding hydrogens is 318 g/mol. The van der Waals surface area contributed by atoms with Crippen LogP contribution in [-0.2, 0) is 16.8 Å². The van der Waals surface area contributed by atoms with Gasteiger partial charge in [0, 0.05) is 31.8 Å². The van der Waals surface area contributed by atoms with Gasteiger partial charge in [0.1, 0.15) is 0 Å². The van der Waals surface area contributed by atoms with E-state index in [0.29, 0.717) is 25.3 Å². The number of rotatable bonds is 4. The van der Waals surface area contributed by atoms with E-state index in [0.717, 1.165) is 5.56 Å². The van der Waals surface area contributed by atoms with Crippen LogP contribution in [0.1, 0.15) is 5.56 Å². The van der Waals surface area contributed by atoms with Gasteiger partial charge in [0.15, 0.2) is 0 Å². The highest BCUT2D eigenvalue weighted by atomic mass is 32.2. The Morgan fingerprint density at radius 1 is 1.00 bits per heavy atom. The first-order valence-electron chi connectivity index (χ1n) is 7.05. The van der Waals surface area contributed by atoms with Gasteiger partial charge in [0.2, 0.25) is 0 Å². The summed E-state index contributed by atoms with van der Waals surface area (Å²) in [6.45, 7) is 1.02. The summed E-state index contributed by atoms with van der Waals surface area (Å²) in [5.41, 5.74) is 1.29. The van der Waals surface area contributed by atoms with Crippen LogP contribution in [-0.4, -0.2) is 30.7 Å². The summed E-state index contributed by atoms with van der Waals surface area (Å²) in [6.07, 6.45) is 0. The molecule has 2 aromatic carbocycles. The summed E-state index contributed by atoms with van der Waals surface area (Å²) >= 11 is 0. The third kappa shape index (κ3) is 3.03. The smallest absolute Gasteiger partial charge is 0.258 e. The van der Waals surface area contributed by atoms with Crippen LogP contribution < -0.4 is 4.31 Å². The Morgan fingerprint density at radius 2 is 1.65 bits per heavy atom. The summed E-state index contributed by atoms with van der Waals surface area (Å²) in [7, 11) is -3.62. The fourth-order valence-corrected chi connectivity index (χ4v) is 4.13. The van der Waals surface area contributed by atoms with Crippen LogP contribution in [0.4, 0.5) is 11.4 Å². The maximum absolute atomic E-state index is 12.6. The first-order valence-corrected chi connectivity index (χ1v) is 8.44. The lowest BCUT2D eigenvalue weighted by Gasteiger charge is -2.20. The van der Waals surface area contributed by atoms with Gasteiger partial charge in [0.05, 0.1) is 10.6 Å². The Labute approximate surface area is 134 Å². The topological polar surface area (TPSA) is 83.8 Å². The molecule has 0 saturated carbocycles. The fourth-order valence-electron chi connectivity index (χ4n) is 2.52. The SMILES string of the molecule is O=[N+]([O-])c1ccc(N2CCN(Cc3ccccc3)S2(=O)=O)cc1. The molecule has 0 unspecified atom stereocenters. The molecule has 0 atom stereocenters. The van der Waals surface area contributed by atoms with Crippen LogP contribution >= 0.6 is 0 Å². The summed E-state index contributed by atoms with van der Waals surface area (Å²) in [4.78, 5) is 10.2. The Morgan fingerprint density at radius 3 is 2.26 bits per heavy atom. The summed E-state index contributed by atoms with van der Waals surface area (Å²) < 4.78 is 28.0.